The Bertz CT molecular complexity index is 311. The van der Waals surface area contributed by atoms with Crippen molar-refractivity contribution in [1.29, 1.82) is 0 Å². The summed E-state index contributed by atoms with van der Waals surface area (Å²) in [5, 5.41) is 0. The van der Waals surface area contributed by atoms with Gasteiger partial charge in [-0.1, -0.05) is 36.9 Å². The normalized spacial score (nSPS) is 10.4. The molecule has 0 radical (unpaired) electrons. The second-order valence-corrected chi connectivity index (χ2v) is 2.55. The average Bonchev–Trinajstić information content (AvgIpc) is 2.09. The second-order valence-electron chi connectivity index (χ2n) is 2.55. The molecule has 0 atom stereocenters. The Morgan fingerprint density at radius 1 is 1.42 bits per heavy atom. The van der Waals surface area contributed by atoms with E-state index in [9.17, 15) is 0 Å². The van der Waals surface area contributed by atoms with Crippen LogP contribution in [-0.4, -0.2) is 0 Å². The van der Waals surface area contributed by atoms with Crippen LogP contribution in [-0.2, 0) is 0 Å². The molecule has 1 nitrogen and oxygen atoms in total. The SMILES string of the molecule is C=Cc1cccc(N)c1/C=C\C. The average molecular weight is 159 g/mol. The third kappa shape index (κ3) is 1.56. The maximum Gasteiger partial charge on any atom is 0.0393 e. The standard InChI is InChI=1S/C11H13N/c1-3-6-10-9(4-2)7-5-8-11(10)12/h3-8H,2,12H2,1H3/b6-3-. The first-order valence-corrected chi connectivity index (χ1v) is 3.93. The molecule has 0 amide bonds. The van der Waals surface area contributed by atoms with Crippen molar-refractivity contribution in [3.05, 3.63) is 42.0 Å². The van der Waals surface area contributed by atoms with E-state index in [1.807, 2.05) is 43.4 Å². The zero-order valence-corrected chi connectivity index (χ0v) is 7.25. The van der Waals surface area contributed by atoms with Gasteiger partial charge in [0.2, 0.25) is 0 Å². The minimum absolute atomic E-state index is 0.797. The molecule has 1 aromatic carbocycles. The highest BCUT2D eigenvalue weighted by Gasteiger charge is 1.97. The van der Waals surface area contributed by atoms with Crippen molar-refractivity contribution in [2.45, 2.75) is 6.92 Å². The lowest BCUT2D eigenvalue weighted by molar-refractivity contribution is 1.59. The summed E-state index contributed by atoms with van der Waals surface area (Å²) in [6.45, 7) is 5.70. The highest BCUT2D eigenvalue weighted by Crippen LogP contribution is 2.19. The lowest BCUT2D eigenvalue weighted by Crippen LogP contribution is -1.91. The molecule has 2 N–H and O–H groups in total. The van der Waals surface area contributed by atoms with Crippen molar-refractivity contribution in [2.75, 3.05) is 5.73 Å². The second kappa shape index (κ2) is 3.77. The zero-order valence-electron chi connectivity index (χ0n) is 7.25. The predicted octanol–water partition coefficient (Wildman–Crippen LogP) is 2.94. The molecular weight excluding hydrogens is 146 g/mol. The number of hydrogen-bond acceptors (Lipinski definition) is 1. The van der Waals surface area contributed by atoms with E-state index in [-0.39, 0.29) is 0 Å². The Labute approximate surface area is 73.2 Å². The van der Waals surface area contributed by atoms with Crippen molar-refractivity contribution < 1.29 is 0 Å². The van der Waals surface area contributed by atoms with Gasteiger partial charge >= 0.3 is 0 Å². The van der Waals surface area contributed by atoms with Gasteiger partial charge in [-0.05, 0) is 18.6 Å². The zero-order chi connectivity index (χ0) is 8.97. The maximum absolute atomic E-state index is 5.78. The number of allylic oxidation sites excluding steroid dienone is 1. The Kier molecular flexibility index (Phi) is 2.70. The fourth-order valence-corrected chi connectivity index (χ4v) is 1.14. The summed E-state index contributed by atoms with van der Waals surface area (Å²) >= 11 is 0. The fraction of sp³-hybridized carbons (Fsp3) is 0.0909. The van der Waals surface area contributed by atoms with Crippen LogP contribution in [0.5, 0.6) is 0 Å². The van der Waals surface area contributed by atoms with Crippen LogP contribution in [0.25, 0.3) is 12.2 Å². The molecule has 0 spiro atoms. The van der Waals surface area contributed by atoms with Crippen LogP contribution in [0.2, 0.25) is 0 Å². The smallest absolute Gasteiger partial charge is 0.0393 e. The van der Waals surface area contributed by atoms with Crippen molar-refractivity contribution in [3.8, 4) is 0 Å². The molecule has 0 aliphatic carbocycles. The quantitative estimate of drug-likeness (QED) is 0.660. The molecule has 0 fully saturated rings. The summed E-state index contributed by atoms with van der Waals surface area (Å²) in [4.78, 5) is 0. The molecule has 1 aromatic rings. The topological polar surface area (TPSA) is 26.0 Å². The molecule has 0 heterocycles. The van der Waals surface area contributed by atoms with E-state index in [0.717, 1.165) is 16.8 Å². The first-order valence-electron chi connectivity index (χ1n) is 3.93. The lowest BCUT2D eigenvalue weighted by atomic mass is 10.1. The van der Waals surface area contributed by atoms with E-state index >= 15 is 0 Å². The Balaban J connectivity index is 3.28. The first-order chi connectivity index (χ1) is 5.79. The predicted molar refractivity (Wildman–Crippen MR) is 55.7 cm³/mol. The number of hydrogen-bond donors (Lipinski definition) is 1. The Morgan fingerprint density at radius 3 is 2.75 bits per heavy atom. The molecule has 0 bridgehead atoms. The van der Waals surface area contributed by atoms with Crippen LogP contribution < -0.4 is 5.73 Å². The van der Waals surface area contributed by atoms with Crippen LogP contribution in [0.4, 0.5) is 5.69 Å². The van der Waals surface area contributed by atoms with E-state index in [1.165, 1.54) is 0 Å². The Morgan fingerprint density at radius 2 is 2.17 bits per heavy atom. The van der Waals surface area contributed by atoms with Crippen LogP contribution >= 0.6 is 0 Å². The summed E-state index contributed by atoms with van der Waals surface area (Å²) in [6.07, 6.45) is 5.77. The monoisotopic (exact) mass is 159 g/mol. The molecule has 62 valence electrons. The molecule has 1 rings (SSSR count). The van der Waals surface area contributed by atoms with Crippen molar-refractivity contribution in [2.24, 2.45) is 0 Å². The van der Waals surface area contributed by atoms with Gasteiger partial charge in [0.1, 0.15) is 0 Å². The molecule has 0 aromatic heterocycles. The van der Waals surface area contributed by atoms with Crippen molar-refractivity contribution in [1.82, 2.24) is 0 Å². The van der Waals surface area contributed by atoms with E-state index in [2.05, 4.69) is 6.58 Å². The highest BCUT2D eigenvalue weighted by molar-refractivity contribution is 5.73. The van der Waals surface area contributed by atoms with Gasteiger partial charge in [-0.15, -0.1) is 0 Å². The van der Waals surface area contributed by atoms with Gasteiger partial charge in [0.05, 0.1) is 0 Å². The third-order valence-electron chi connectivity index (χ3n) is 1.73. The minimum Gasteiger partial charge on any atom is -0.398 e. The molecule has 0 saturated heterocycles. The summed E-state index contributed by atoms with van der Waals surface area (Å²) < 4.78 is 0. The molecule has 0 saturated carbocycles. The van der Waals surface area contributed by atoms with E-state index in [1.54, 1.807) is 0 Å². The number of nitrogen functional groups attached to an aromatic ring is 1. The van der Waals surface area contributed by atoms with Crippen molar-refractivity contribution in [3.63, 3.8) is 0 Å². The largest absolute Gasteiger partial charge is 0.398 e. The van der Waals surface area contributed by atoms with Crippen LogP contribution in [0.15, 0.2) is 30.9 Å². The number of benzene rings is 1. The van der Waals surface area contributed by atoms with E-state index in [4.69, 9.17) is 5.73 Å². The Hall–Kier alpha value is -1.50. The third-order valence-corrected chi connectivity index (χ3v) is 1.73. The molecule has 1 heteroatoms. The molecule has 12 heavy (non-hydrogen) atoms. The fourth-order valence-electron chi connectivity index (χ4n) is 1.14. The number of nitrogens with two attached hydrogens (primary N) is 1. The van der Waals surface area contributed by atoms with Gasteiger partial charge in [-0.25, -0.2) is 0 Å². The van der Waals surface area contributed by atoms with Crippen LogP contribution in [0.3, 0.4) is 0 Å². The first kappa shape index (κ1) is 8.60. The van der Waals surface area contributed by atoms with E-state index in [0.29, 0.717) is 0 Å². The van der Waals surface area contributed by atoms with Gasteiger partial charge in [0.25, 0.3) is 0 Å². The highest BCUT2D eigenvalue weighted by atomic mass is 14.6. The maximum atomic E-state index is 5.78. The molecular formula is C11H13N. The van der Waals surface area contributed by atoms with Gasteiger partial charge in [0, 0.05) is 11.3 Å². The number of rotatable bonds is 2. The molecule has 0 aliphatic rings. The van der Waals surface area contributed by atoms with E-state index < -0.39 is 0 Å². The lowest BCUT2D eigenvalue weighted by Gasteiger charge is -2.03. The van der Waals surface area contributed by atoms with Gasteiger partial charge in [-0.3, -0.25) is 0 Å². The van der Waals surface area contributed by atoms with Crippen molar-refractivity contribution >= 4 is 17.8 Å². The van der Waals surface area contributed by atoms with Gasteiger partial charge in [0.15, 0.2) is 0 Å². The van der Waals surface area contributed by atoms with Crippen LogP contribution in [0.1, 0.15) is 18.1 Å². The molecule has 0 aliphatic heterocycles. The van der Waals surface area contributed by atoms with Gasteiger partial charge < -0.3 is 5.73 Å². The summed E-state index contributed by atoms with van der Waals surface area (Å²) in [5.74, 6) is 0. The summed E-state index contributed by atoms with van der Waals surface area (Å²) in [5.41, 5.74) is 8.71. The molecule has 0 unspecified atom stereocenters. The van der Waals surface area contributed by atoms with Gasteiger partial charge in [-0.2, -0.15) is 0 Å². The number of anilines is 1. The summed E-state index contributed by atoms with van der Waals surface area (Å²) in [7, 11) is 0. The van der Waals surface area contributed by atoms with Crippen LogP contribution in [0, 0.1) is 0 Å². The minimum atomic E-state index is 0.797. The summed E-state index contributed by atoms with van der Waals surface area (Å²) in [6, 6.07) is 5.82.